The maximum absolute atomic E-state index is 5.91. The molecule has 0 spiro atoms. The Labute approximate surface area is 147 Å². The molecule has 1 aromatic carbocycles. The zero-order valence-electron chi connectivity index (χ0n) is 12.8. The predicted molar refractivity (Wildman–Crippen MR) is 101 cm³/mol. The van der Waals surface area contributed by atoms with Crippen LogP contribution in [0.5, 0.6) is 0 Å². The van der Waals surface area contributed by atoms with Crippen LogP contribution in [0.2, 0.25) is 0 Å². The Bertz CT molecular complexity index is 810. The van der Waals surface area contributed by atoms with Crippen LogP contribution in [-0.4, -0.2) is 0 Å². The second kappa shape index (κ2) is 5.80. The van der Waals surface area contributed by atoms with Crippen molar-refractivity contribution in [2.75, 3.05) is 0 Å². The van der Waals surface area contributed by atoms with E-state index in [9.17, 15) is 0 Å². The van der Waals surface area contributed by atoms with Crippen molar-refractivity contribution in [3.05, 3.63) is 91.1 Å². The normalized spacial score (nSPS) is 13.5. The van der Waals surface area contributed by atoms with Gasteiger partial charge in [-0.2, -0.15) is 0 Å². The van der Waals surface area contributed by atoms with Crippen LogP contribution in [0.4, 0.5) is 0 Å². The van der Waals surface area contributed by atoms with E-state index in [4.69, 9.17) is 13.3 Å². The molecule has 4 aromatic rings. The summed E-state index contributed by atoms with van der Waals surface area (Å²) in [6.07, 6.45) is 5.76. The quantitative estimate of drug-likeness (QED) is 0.450. The van der Waals surface area contributed by atoms with Gasteiger partial charge in [0.2, 0.25) is 0 Å². The van der Waals surface area contributed by atoms with Gasteiger partial charge in [-0.3, -0.25) is 0 Å². The number of furan rings is 3. The van der Waals surface area contributed by atoms with Crippen LogP contribution in [0.1, 0.15) is 5.56 Å². The maximum atomic E-state index is 5.91. The second-order valence-electron chi connectivity index (χ2n) is 5.68. The van der Waals surface area contributed by atoms with Gasteiger partial charge in [0.05, 0.1) is 0 Å². The molecule has 0 unspecified atom stereocenters. The predicted octanol–water partition coefficient (Wildman–Crippen LogP) is 4.81. The molecule has 24 heavy (non-hydrogen) atoms. The van der Waals surface area contributed by atoms with Crippen molar-refractivity contribution in [2.45, 2.75) is 6.16 Å². The van der Waals surface area contributed by atoms with Crippen molar-refractivity contribution < 1.29 is 13.3 Å². The zero-order valence-corrected chi connectivity index (χ0v) is 15.3. The SMILES string of the molecule is BrP(Cc1ccccc1)(c1ccco1)(c1ccco1)c1ccco1. The Morgan fingerprint density at radius 2 is 1.08 bits per heavy atom. The van der Waals surface area contributed by atoms with E-state index in [1.165, 1.54) is 5.56 Å². The van der Waals surface area contributed by atoms with Crippen LogP contribution in [0.3, 0.4) is 0 Å². The summed E-state index contributed by atoms with van der Waals surface area (Å²) in [4.78, 5) is 0. The first-order valence-electron chi connectivity index (χ1n) is 7.61. The Morgan fingerprint density at radius 1 is 0.625 bits per heavy atom. The molecule has 5 heteroatoms. The van der Waals surface area contributed by atoms with Crippen LogP contribution in [0, 0.1) is 0 Å². The number of rotatable bonds is 5. The van der Waals surface area contributed by atoms with E-state index in [-0.39, 0.29) is 0 Å². The van der Waals surface area contributed by atoms with E-state index in [0.29, 0.717) is 6.16 Å². The van der Waals surface area contributed by atoms with Gasteiger partial charge in [-0.25, -0.2) is 0 Å². The average molecular weight is 403 g/mol. The van der Waals surface area contributed by atoms with E-state index in [1.807, 2.05) is 54.6 Å². The van der Waals surface area contributed by atoms with Crippen molar-refractivity contribution in [3.63, 3.8) is 0 Å². The van der Waals surface area contributed by atoms with Gasteiger partial charge in [-0.05, 0) is 0 Å². The van der Waals surface area contributed by atoms with E-state index in [0.717, 1.165) is 16.5 Å². The third-order valence-electron chi connectivity index (χ3n) is 4.22. The standard InChI is InChI=1S/C19H16BrO3P/c20-24(17-9-4-12-21-17,18-10-5-13-22-18,19-11-6-14-23-19)15-16-7-2-1-3-8-16/h1-14H,15H2. The summed E-state index contributed by atoms with van der Waals surface area (Å²) in [6.45, 7) is 0. The molecule has 0 aliphatic heterocycles. The minimum atomic E-state index is -3.20. The summed E-state index contributed by atoms with van der Waals surface area (Å²) in [7, 11) is 0. The molecule has 0 saturated heterocycles. The van der Waals surface area contributed by atoms with Crippen LogP contribution in [-0.2, 0) is 6.16 Å². The van der Waals surface area contributed by atoms with Crippen molar-refractivity contribution in [3.8, 4) is 0 Å². The van der Waals surface area contributed by atoms with Gasteiger partial charge in [0.25, 0.3) is 0 Å². The molecule has 0 atom stereocenters. The fourth-order valence-corrected chi connectivity index (χ4v) is 9.82. The van der Waals surface area contributed by atoms with Gasteiger partial charge in [0, 0.05) is 0 Å². The molecular formula is C19H16BrO3P. The third kappa shape index (κ3) is 2.21. The van der Waals surface area contributed by atoms with Crippen molar-refractivity contribution in [1.82, 2.24) is 0 Å². The van der Waals surface area contributed by atoms with E-state index in [2.05, 4.69) is 27.6 Å². The summed E-state index contributed by atoms with van der Waals surface area (Å²) in [5.74, 6) is 0. The molecule has 0 aliphatic rings. The molecule has 4 rings (SSSR count). The topological polar surface area (TPSA) is 39.4 Å². The molecule has 0 N–H and O–H groups in total. The molecule has 0 aliphatic carbocycles. The fraction of sp³-hybridized carbons (Fsp3) is 0.0526. The molecule has 3 nitrogen and oxygen atoms in total. The van der Waals surface area contributed by atoms with Crippen LogP contribution in [0.15, 0.2) is 98.8 Å². The Balaban J connectivity index is 2.04. The summed E-state index contributed by atoms with van der Waals surface area (Å²) >= 11 is 4.14. The average Bonchev–Trinajstić information content (AvgIpc) is 3.40. The summed E-state index contributed by atoms with van der Waals surface area (Å²) < 4.78 is 17.7. The second-order valence-corrected chi connectivity index (χ2v) is 14.4. The molecule has 0 radical (unpaired) electrons. The monoisotopic (exact) mass is 402 g/mol. The third-order valence-corrected chi connectivity index (χ3v) is 12.6. The first-order valence-corrected chi connectivity index (χ1v) is 12.0. The summed E-state index contributed by atoms with van der Waals surface area (Å²) in [5, 5.41) is -3.20. The molecule has 122 valence electrons. The number of benzene rings is 1. The van der Waals surface area contributed by atoms with Crippen LogP contribution < -0.4 is 16.5 Å². The van der Waals surface area contributed by atoms with Gasteiger partial charge >= 0.3 is 148 Å². The van der Waals surface area contributed by atoms with E-state index in [1.54, 1.807) is 18.8 Å². The molecule has 3 aromatic heterocycles. The molecule has 0 saturated carbocycles. The Hall–Kier alpha value is -2.03. The Kier molecular flexibility index (Phi) is 3.75. The molecule has 0 bridgehead atoms. The Morgan fingerprint density at radius 3 is 1.46 bits per heavy atom. The van der Waals surface area contributed by atoms with E-state index >= 15 is 0 Å². The van der Waals surface area contributed by atoms with Crippen molar-refractivity contribution in [2.24, 2.45) is 0 Å². The molecule has 0 amide bonds. The van der Waals surface area contributed by atoms with Crippen LogP contribution in [0.25, 0.3) is 0 Å². The van der Waals surface area contributed by atoms with Crippen LogP contribution >= 0.6 is 20.8 Å². The molecule has 0 fully saturated rings. The first-order chi connectivity index (χ1) is 11.7. The molecule has 3 heterocycles. The number of halogens is 1. The first kappa shape index (κ1) is 15.5. The van der Waals surface area contributed by atoms with Gasteiger partial charge in [0.15, 0.2) is 0 Å². The van der Waals surface area contributed by atoms with Gasteiger partial charge < -0.3 is 0 Å². The summed E-state index contributed by atoms with van der Waals surface area (Å²) in [6, 6.07) is 22.0. The molecular weight excluding hydrogens is 387 g/mol. The number of hydrogen-bond donors (Lipinski definition) is 0. The minimum absolute atomic E-state index is 0.695. The van der Waals surface area contributed by atoms with Crippen molar-refractivity contribution >= 4 is 37.3 Å². The number of hydrogen-bond acceptors (Lipinski definition) is 3. The van der Waals surface area contributed by atoms with Gasteiger partial charge in [-0.1, -0.05) is 0 Å². The van der Waals surface area contributed by atoms with Gasteiger partial charge in [0.1, 0.15) is 0 Å². The van der Waals surface area contributed by atoms with E-state index < -0.39 is 5.31 Å². The van der Waals surface area contributed by atoms with Crippen molar-refractivity contribution in [1.29, 1.82) is 0 Å². The fourth-order valence-electron chi connectivity index (χ4n) is 3.09. The summed E-state index contributed by atoms with van der Waals surface area (Å²) in [5.41, 5.74) is 3.66. The zero-order chi connectivity index (χ0) is 16.5. The van der Waals surface area contributed by atoms with Gasteiger partial charge in [-0.15, -0.1) is 0 Å².